The number of amides is 1. The average Bonchev–Trinajstić information content (AvgIpc) is 2.41. The Kier molecular flexibility index (Phi) is 8.02. The molecule has 2 unspecified atom stereocenters. The van der Waals surface area contributed by atoms with Crippen molar-refractivity contribution < 1.29 is 9.90 Å². The molecule has 0 aliphatic rings. The van der Waals surface area contributed by atoms with E-state index in [1.807, 2.05) is 31.4 Å². The van der Waals surface area contributed by atoms with Crippen molar-refractivity contribution in [3.05, 3.63) is 35.9 Å². The summed E-state index contributed by atoms with van der Waals surface area (Å²) in [5, 5.41) is 12.1. The van der Waals surface area contributed by atoms with Gasteiger partial charge in [0.05, 0.1) is 12.4 Å². The summed E-state index contributed by atoms with van der Waals surface area (Å²) in [5.41, 5.74) is 1.23. The lowest BCUT2D eigenvalue weighted by Gasteiger charge is -2.21. The monoisotopic (exact) mass is 299 g/mol. The lowest BCUT2D eigenvalue weighted by molar-refractivity contribution is -0.119. The third kappa shape index (κ3) is 6.36. The third-order valence-corrected chi connectivity index (χ3v) is 4.94. The molecule has 0 spiro atoms. The van der Waals surface area contributed by atoms with Crippen molar-refractivity contribution in [3.63, 3.8) is 0 Å². The van der Waals surface area contributed by atoms with Crippen molar-refractivity contribution >= 4 is 29.4 Å². The van der Waals surface area contributed by atoms with Crippen molar-refractivity contribution in [2.24, 2.45) is 0 Å². The van der Waals surface area contributed by atoms with E-state index in [0.29, 0.717) is 5.75 Å². The van der Waals surface area contributed by atoms with Gasteiger partial charge in [-0.05, 0) is 18.7 Å². The molecule has 0 radical (unpaired) electrons. The van der Waals surface area contributed by atoms with Gasteiger partial charge < -0.3 is 10.4 Å². The second-order valence-corrected chi connectivity index (χ2v) is 6.35. The number of aliphatic hydroxyl groups excluding tert-OH is 1. The van der Waals surface area contributed by atoms with Crippen LogP contribution in [0.25, 0.3) is 0 Å². The fourth-order valence-electron chi connectivity index (χ4n) is 1.66. The molecule has 19 heavy (non-hydrogen) atoms. The Morgan fingerprint density at radius 3 is 2.63 bits per heavy atom. The van der Waals surface area contributed by atoms with Crippen LogP contribution in [-0.4, -0.2) is 40.9 Å². The van der Waals surface area contributed by atoms with Crippen LogP contribution in [0.5, 0.6) is 0 Å². The van der Waals surface area contributed by atoms with E-state index in [0.717, 1.165) is 5.75 Å². The predicted octanol–water partition coefficient (Wildman–Crippen LogP) is 2.15. The maximum atomic E-state index is 11.8. The molecule has 2 N–H and O–H groups in total. The van der Waals surface area contributed by atoms with Crippen LogP contribution in [0.3, 0.4) is 0 Å². The molecule has 0 bridgehead atoms. The highest BCUT2D eigenvalue weighted by molar-refractivity contribution is 7.99. The number of hydrogen-bond acceptors (Lipinski definition) is 4. The molecule has 0 heterocycles. The molecule has 1 aromatic carbocycles. The highest BCUT2D eigenvalue weighted by Gasteiger charge is 2.16. The van der Waals surface area contributed by atoms with Gasteiger partial charge in [-0.3, -0.25) is 4.79 Å². The SMILES string of the molecule is CSC(CO)C(C)NC(=O)CSCc1ccccc1. The average molecular weight is 299 g/mol. The van der Waals surface area contributed by atoms with Crippen molar-refractivity contribution in [1.82, 2.24) is 5.32 Å². The molecule has 0 aromatic heterocycles. The van der Waals surface area contributed by atoms with Crippen LogP contribution in [-0.2, 0) is 10.5 Å². The largest absolute Gasteiger partial charge is 0.395 e. The third-order valence-electron chi connectivity index (χ3n) is 2.77. The Morgan fingerprint density at radius 1 is 1.37 bits per heavy atom. The summed E-state index contributed by atoms with van der Waals surface area (Å²) in [5.74, 6) is 1.32. The number of carbonyl (C=O) groups excluding carboxylic acids is 1. The van der Waals surface area contributed by atoms with Crippen LogP contribution in [0.1, 0.15) is 12.5 Å². The van der Waals surface area contributed by atoms with Gasteiger partial charge in [-0.25, -0.2) is 0 Å². The molecule has 0 fully saturated rings. The molecule has 1 amide bonds. The number of rotatable bonds is 8. The van der Waals surface area contributed by atoms with Gasteiger partial charge in [0.2, 0.25) is 5.91 Å². The van der Waals surface area contributed by atoms with E-state index in [-0.39, 0.29) is 23.8 Å². The minimum absolute atomic E-state index is 0.00942. The molecular weight excluding hydrogens is 278 g/mol. The van der Waals surface area contributed by atoms with Crippen molar-refractivity contribution in [3.8, 4) is 0 Å². The van der Waals surface area contributed by atoms with E-state index in [4.69, 9.17) is 5.11 Å². The Bertz CT molecular complexity index is 369. The summed E-state index contributed by atoms with van der Waals surface area (Å²) < 4.78 is 0. The summed E-state index contributed by atoms with van der Waals surface area (Å²) in [7, 11) is 0. The van der Waals surface area contributed by atoms with Gasteiger partial charge in [0.15, 0.2) is 0 Å². The van der Waals surface area contributed by atoms with Gasteiger partial charge in [0, 0.05) is 17.0 Å². The minimum atomic E-state index is -0.00942. The van der Waals surface area contributed by atoms with Gasteiger partial charge in [0.1, 0.15) is 0 Å². The lowest BCUT2D eigenvalue weighted by Crippen LogP contribution is -2.42. The second-order valence-electron chi connectivity index (χ2n) is 4.29. The fraction of sp³-hybridized carbons (Fsp3) is 0.500. The number of hydrogen-bond donors (Lipinski definition) is 2. The van der Waals surface area contributed by atoms with Crippen molar-refractivity contribution in [2.45, 2.75) is 24.0 Å². The van der Waals surface area contributed by atoms with Crippen LogP contribution in [0, 0.1) is 0 Å². The first-order valence-electron chi connectivity index (χ1n) is 6.22. The predicted molar refractivity (Wildman–Crippen MR) is 84.6 cm³/mol. The van der Waals surface area contributed by atoms with Crippen LogP contribution >= 0.6 is 23.5 Å². The zero-order chi connectivity index (χ0) is 14.1. The fourth-order valence-corrected chi connectivity index (χ4v) is 3.09. The molecular formula is C14H21NO2S2. The highest BCUT2D eigenvalue weighted by Crippen LogP contribution is 2.13. The van der Waals surface area contributed by atoms with Crippen LogP contribution in [0.4, 0.5) is 0 Å². The summed E-state index contributed by atoms with van der Waals surface area (Å²) in [4.78, 5) is 11.8. The topological polar surface area (TPSA) is 49.3 Å². The van der Waals surface area contributed by atoms with Gasteiger partial charge >= 0.3 is 0 Å². The molecule has 0 saturated carbocycles. The van der Waals surface area contributed by atoms with E-state index in [1.165, 1.54) is 5.56 Å². The van der Waals surface area contributed by atoms with Crippen molar-refractivity contribution in [1.29, 1.82) is 0 Å². The van der Waals surface area contributed by atoms with Gasteiger partial charge in [-0.2, -0.15) is 11.8 Å². The van der Waals surface area contributed by atoms with Gasteiger partial charge in [-0.1, -0.05) is 30.3 Å². The normalized spacial score (nSPS) is 13.8. The highest BCUT2D eigenvalue weighted by atomic mass is 32.2. The van der Waals surface area contributed by atoms with E-state index < -0.39 is 0 Å². The molecule has 0 aliphatic heterocycles. The van der Waals surface area contributed by atoms with E-state index in [2.05, 4.69) is 17.4 Å². The first kappa shape index (κ1) is 16.4. The Labute approximate surface area is 123 Å². The zero-order valence-corrected chi connectivity index (χ0v) is 13.0. The summed E-state index contributed by atoms with van der Waals surface area (Å²) >= 11 is 3.17. The Hall–Kier alpha value is -0.650. The quantitative estimate of drug-likeness (QED) is 0.772. The molecule has 1 aromatic rings. The summed E-state index contributed by atoms with van der Waals surface area (Å²) in [6.45, 7) is 2.01. The van der Waals surface area contributed by atoms with E-state index >= 15 is 0 Å². The second kappa shape index (κ2) is 9.28. The molecule has 3 nitrogen and oxygen atoms in total. The standard InChI is InChI=1S/C14H21NO2S2/c1-11(13(8-16)18-2)15-14(17)10-19-9-12-6-4-3-5-7-12/h3-7,11,13,16H,8-10H2,1-2H3,(H,15,17). The number of thioether (sulfide) groups is 2. The minimum Gasteiger partial charge on any atom is -0.395 e. The molecule has 1 rings (SSSR count). The van der Waals surface area contributed by atoms with E-state index in [1.54, 1.807) is 23.5 Å². The van der Waals surface area contributed by atoms with Crippen LogP contribution in [0.2, 0.25) is 0 Å². The summed E-state index contributed by atoms with van der Waals surface area (Å²) in [6, 6.07) is 10.1. The van der Waals surface area contributed by atoms with Gasteiger partial charge in [-0.15, -0.1) is 11.8 Å². The van der Waals surface area contributed by atoms with Crippen LogP contribution in [0.15, 0.2) is 30.3 Å². The maximum absolute atomic E-state index is 11.8. The Morgan fingerprint density at radius 2 is 2.05 bits per heavy atom. The van der Waals surface area contributed by atoms with Gasteiger partial charge in [0.25, 0.3) is 0 Å². The first-order chi connectivity index (χ1) is 9.17. The molecule has 0 saturated heterocycles. The molecule has 5 heteroatoms. The van der Waals surface area contributed by atoms with Crippen molar-refractivity contribution in [2.75, 3.05) is 18.6 Å². The molecule has 2 atom stereocenters. The number of nitrogens with one attached hydrogen (secondary N) is 1. The number of benzene rings is 1. The number of aliphatic hydroxyl groups is 1. The maximum Gasteiger partial charge on any atom is 0.230 e. The molecule has 106 valence electrons. The number of carbonyl (C=O) groups is 1. The van der Waals surface area contributed by atoms with Crippen LogP contribution < -0.4 is 5.32 Å². The first-order valence-corrected chi connectivity index (χ1v) is 8.66. The lowest BCUT2D eigenvalue weighted by atomic mass is 10.2. The Balaban J connectivity index is 2.24. The smallest absolute Gasteiger partial charge is 0.230 e. The zero-order valence-electron chi connectivity index (χ0n) is 11.3. The van der Waals surface area contributed by atoms with E-state index in [9.17, 15) is 4.79 Å². The summed E-state index contributed by atoms with van der Waals surface area (Å²) in [6.07, 6.45) is 1.94. The molecule has 0 aliphatic carbocycles.